The molecule has 0 radical (unpaired) electrons. The third kappa shape index (κ3) is 3.56. The van der Waals surface area contributed by atoms with Gasteiger partial charge in [-0.2, -0.15) is 11.8 Å². The van der Waals surface area contributed by atoms with Gasteiger partial charge >= 0.3 is 0 Å². The Bertz CT molecular complexity index is 768. The van der Waals surface area contributed by atoms with Gasteiger partial charge < -0.3 is 9.88 Å². The molecule has 0 fully saturated rings. The molecular formula is C16H19N5OS. The van der Waals surface area contributed by atoms with Crippen molar-refractivity contribution in [3.8, 4) is 0 Å². The molecule has 3 aromatic rings. The number of thioether (sulfide) groups is 1. The fourth-order valence-corrected chi connectivity index (χ4v) is 2.96. The van der Waals surface area contributed by atoms with E-state index in [0.29, 0.717) is 6.54 Å². The van der Waals surface area contributed by atoms with Crippen LogP contribution in [0, 0.1) is 0 Å². The molecule has 1 N–H and O–H groups in total. The van der Waals surface area contributed by atoms with Crippen molar-refractivity contribution in [2.75, 3.05) is 12.0 Å². The Morgan fingerprint density at radius 1 is 1.22 bits per heavy atom. The van der Waals surface area contributed by atoms with Crippen LogP contribution < -0.4 is 5.32 Å². The maximum absolute atomic E-state index is 12.6. The SMILES string of the molecule is CSCC[C@@H](C(=O)NCc1nnc2ccccn12)n1cccc1. The number of nitrogens with zero attached hydrogens (tertiary/aromatic N) is 4. The van der Waals surface area contributed by atoms with Crippen molar-refractivity contribution < 1.29 is 4.79 Å². The molecule has 3 aromatic heterocycles. The van der Waals surface area contributed by atoms with E-state index in [4.69, 9.17) is 0 Å². The number of aromatic nitrogens is 4. The van der Waals surface area contributed by atoms with E-state index in [9.17, 15) is 4.79 Å². The van der Waals surface area contributed by atoms with Crippen molar-refractivity contribution in [3.05, 3.63) is 54.7 Å². The number of carbonyl (C=O) groups excluding carboxylic acids is 1. The monoisotopic (exact) mass is 329 g/mol. The summed E-state index contributed by atoms with van der Waals surface area (Å²) in [5, 5.41) is 11.2. The number of carbonyl (C=O) groups is 1. The van der Waals surface area contributed by atoms with E-state index in [1.54, 1.807) is 11.8 Å². The normalized spacial score (nSPS) is 12.4. The number of hydrogen-bond donors (Lipinski definition) is 1. The van der Waals surface area contributed by atoms with Gasteiger partial charge in [-0.25, -0.2) is 0 Å². The molecule has 3 rings (SSSR count). The highest BCUT2D eigenvalue weighted by atomic mass is 32.2. The number of hydrogen-bond acceptors (Lipinski definition) is 4. The number of amides is 1. The highest BCUT2D eigenvalue weighted by Gasteiger charge is 2.19. The minimum atomic E-state index is -0.198. The van der Waals surface area contributed by atoms with E-state index in [-0.39, 0.29) is 11.9 Å². The van der Waals surface area contributed by atoms with Gasteiger partial charge in [0, 0.05) is 18.6 Å². The largest absolute Gasteiger partial charge is 0.347 e. The zero-order chi connectivity index (χ0) is 16.1. The summed E-state index contributed by atoms with van der Waals surface area (Å²) in [5.41, 5.74) is 0.779. The van der Waals surface area contributed by atoms with E-state index < -0.39 is 0 Å². The van der Waals surface area contributed by atoms with Crippen LogP contribution in [0.4, 0.5) is 0 Å². The highest BCUT2D eigenvalue weighted by molar-refractivity contribution is 7.98. The van der Waals surface area contributed by atoms with Crippen LogP contribution in [0.1, 0.15) is 18.3 Å². The second-order valence-electron chi connectivity index (χ2n) is 5.19. The standard InChI is InChI=1S/C16H19N5OS/c1-23-11-7-13(20-8-4-5-9-20)16(22)17-12-15-19-18-14-6-2-3-10-21(14)15/h2-6,8-10,13H,7,11-12H2,1H3,(H,17,22)/t13-/m0/s1. The predicted molar refractivity (Wildman–Crippen MR) is 91.3 cm³/mol. The Kier molecular flexibility index (Phi) is 4.97. The molecule has 3 heterocycles. The summed E-state index contributed by atoms with van der Waals surface area (Å²) in [6.45, 7) is 0.362. The van der Waals surface area contributed by atoms with Crippen molar-refractivity contribution >= 4 is 23.3 Å². The minimum absolute atomic E-state index is 0.00271. The first-order valence-corrected chi connectivity index (χ1v) is 8.86. The third-order valence-electron chi connectivity index (χ3n) is 3.69. The van der Waals surface area contributed by atoms with Crippen LogP contribution in [-0.4, -0.2) is 37.1 Å². The lowest BCUT2D eigenvalue weighted by molar-refractivity contribution is -0.124. The zero-order valence-electron chi connectivity index (χ0n) is 12.9. The Morgan fingerprint density at radius 2 is 2.00 bits per heavy atom. The Labute approximate surface area is 138 Å². The van der Waals surface area contributed by atoms with Crippen LogP contribution in [0.15, 0.2) is 48.9 Å². The van der Waals surface area contributed by atoms with Gasteiger partial charge in [-0.15, -0.1) is 10.2 Å². The lowest BCUT2D eigenvalue weighted by Gasteiger charge is -2.18. The second kappa shape index (κ2) is 7.32. The maximum atomic E-state index is 12.6. The van der Waals surface area contributed by atoms with Crippen LogP contribution in [-0.2, 0) is 11.3 Å². The Hall–Kier alpha value is -2.28. The van der Waals surface area contributed by atoms with E-state index in [0.717, 1.165) is 23.6 Å². The quantitative estimate of drug-likeness (QED) is 0.721. The number of fused-ring (bicyclic) bond motifs is 1. The van der Waals surface area contributed by atoms with Gasteiger partial charge in [0.25, 0.3) is 0 Å². The summed E-state index contributed by atoms with van der Waals surface area (Å²) in [5.74, 6) is 1.66. The van der Waals surface area contributed by atoms with E-state index in [1.165, 1.54) is 0 Å². The third-order valence-corrected chi connectivity index (χ3v) is 4.33. The van der Waals surface area contributed by atoms with Crippen LogP contribution >= 0.6 is 11.8 Å². The Balaban J connectivity index is 1.69. The van der Waals surface area contributed by atoms with Crippen molar-refractivity contribution in [1.82, 2.24) is 24.5 Å². The molecule has 0 unspecified atom stereocenters. The molecule has 0 saturated carbocycles. The van der Waals surface area contributed by atoms with Crippen molar-refractivity contribution in [1.29, 1.82) is 0 Å². The molecule has 7 heteroatoms. The molecule has 0 saturated heterocycles. The molecule has 0 bridgehead atoms. The summed E-state index contributed by atoms with van der Waals surface area (Å²) in [7, 11) is 0. The van der Waals surface area contributed by atoms with Crippen molar-refractivity contribution in [2.24, 2.45) is 0 Å². The fourth-order valence-electron chi connectivity index (χ4n) is 2.50. The molecular weight excluding hydrogens is 310 g/mol. The molecule has 0 aromatic carbocycles. The van der Waals surface area contributed by atoms with Gasteiger partial charge in [0.05, 0.1) is 6.54 Å². The first kappa shape index (κ1) is 15.6. The van der Waals surface area contributed by atoms with Crippen LogP contribution in [0.25, 0.3) is 5.65 Å². The smallest absolute Gasteiger partial charge is 0.243 e. The second-order valence-corrected chi connectivity index (χ2v) is 6.18. The molecule has 0 aliphatic carbocycles. The summed E-state index contributed by atoms with van der Waals surface area (Å²) < 4.78 is 3.83. The first-order chi connectivity index (χ1) is 11.3. The van der Waals surface area contributed by atoms with Gasteiger partial charge in [0.1, 0.15) is 6.04 Å². The van der Waals surface area contributed by atoms with Gasteiger partial charge in [-0.3, -0.25) is 9.20 Å². The molecule has 0 aliphatic rings. The molecule has 0 aliphatic heterocycles. The van der Waals surface area contributed by atoms with E-state index >= 15 is 0 Å². The van der Waals surface area contributed by atoms with Gasteiger partial charge in [0.2, 0.25) is 5.91 Å². The lowest BCUT2D eigenvalue weighted by atomic mass is 10.2. The van der Waals surface area contributed by atoms with Crippen LogP contribution in [0.3, 0.4) is 0 Å². The minimum Gasteiger partial charge on any atom is -0.347 e. The van der Waals surface area contributed by atoms with E-state index in [2.05, 4.69) is 15.5 Å². The summed E-state index contributed by atoms with van der Waals surface area (Å²) in [4.78, 5) is 12.6. The number of pyridine rings is 1. The van der Waals surface area contributed by atoms with Crippen LogP contribution in [0.2, 0.25) is 0 Å². The highest BCUT2D eigenvalue weighted by Crippen LogP contribution is 2.15. The molecule has 120 valence electrons. The van der Waals surface area contributed by atoms with Gasteiger partial charge in [-0.05, 0) is 42.7 Å². The summed E-state index contributed by atoms with van der Waals surface area (Å²) >= 11 is 1.74. The topological polar surface area (TPSA) is 64.2 Å². The molecule has 0 spiro atoms. The van der Waals surface area contributed by atoms with E-state index in [1.807, 2.05) is 64.1 Å². The van der Waals surface area contributed by atoms with Crippen molar-refractivity contribution in [3.63, 3.8) is 0 Å². The molecule has 1 atom stereocenters. The van der Waals surface area contributed by atoms with Crippen LogP contribution in [0.5, 0.6) is 0 Å². The average molecular weight is 329 g/mol. The molecule has 1 amide bonds. The average Bonchev–Trinajstić information content (AvgIpc) is 3.23. The molecule has 6 nitrogen and oxygen atoms in total. The van der Waals surface area contributed by atoms with Gasteiger partial charge in [0.15, 0.2) is 11.5 Å². The zero-order valence-corrected chi connectivity index (χ0v) is 13.7. The summed E-state index contributed by atoms with van der Waals surface area (Å²) in [6.07, 6.45) is 8.59. The van der Waals surface area contributed by atoms with Crippen molar-refractivity contribution in [2.45, 2.75) is 19.0 Å². The predicted octanol–water partition coefficient (Wildman–Crippen LogP) is 2.14. The number of nitrogens with one attached hydrogen (secondary N) is 1. The fraction of sp³-hybridized carbons (Fsp3) is 0.312. The Morgan fingerprint density at radius 3 is 2.78 bits per heavy atom. The molecule has 23 heavy (non-hydrogen) atoms. The first-order valence-electron chi connectivity index (χ1n) is 7.47. The number of rotatable bonds is 7. The maximum Gasteiger partial charge on any atom is 0.243 e. The lowest BCUT2D eigenvalue weighted by Crippen LogP contribution is -2.32. The van der Waals surface area contributed by atoms with Gasteiger partial charge in [-0.1, -0.05) is 6.07 Å². The summed E-state index contributed by atoms with van der Waals surface area (Å²) in [6, 6.07) is 9.40.